The molecule has 5 nitrogen and oxygen atoms in total. The van der Waals surface area contributed by atoms with E-state index in [9.17, 15) is 5.11 Å². The van der Waals surface area contributed by atoms with Crippen LogP contribution in [0.25, 0.3) is 11.3 Å². The molecule has 138 valence electrons. The summed E-state index contributed by atoms with van der Waals surface area (Å²) in [5, 5.41) is 13.1. The SMILES string of the molecule is Oc1ccccc1CNc1ccc(-c2ccc(N3CCOCC3)cc2)nc1. The molecule has 0 spiro atoms. The third-order valence-electron chi connectivity index (χ3n) is 4.78. The summed E-state index contributed by atoms with van der Waals surface area (Å²) in [7, 11) is 0. The van der Waals surface area contributed by atoms with Gasteiger partial charge in [-0.1, -0.05) is 30.3 Å². The molecule has 0 saturated carbocycles. The fourth-order valence-electron chi connectivity index (χ4n) is 3.19. The number of nitrogens with one attached hydrogen (secondary N) is 1. The molecule has 1 saturated heterocycles. The molecule has 0 unspecified atom stereocenters. The topological polar surface area (TPSA) is 57.6 Å². The van der Waals surface area contributed by atoms with E-state index in [0.29, 0.717) is 12.3 Å². The van der Waals surface area contributed by atoms with Crippen LogP contribution in [-0.2, 0) is 11.3 Å². The number of anilines is 2. The van der Waals surface area contributed by atoms with Crippen molar-refractivity contribution in [2.45, 2.75) is 6.54 Å². The van der Waals surface area contributed by atoms with Crippen molar-refractivity contribution < 1.29 is 9.84 Å². The Balaban J connectivity index is 1.40. The summed E-state index contributed by atoms with van der Waals surface area (Å²) in [6, 6.07) is 19.9. The summed E-state index contributed by atoms with van der Waals surface area (Å²) in [5.41, 5.74) is 5.05. The molecule has 27 heavy (non-hydrogen) atoms. The Morgan fingerprint density at radius 3 is 2.44 bits per heavy atom. The number of benzene rings is 2. The first-order chi connectivity index (χ1) is 13.3. The monoisotopic (exact) mass is 361 g/mol. The van der Waals surface area contributed by atoms with Gasteiger partial charge in [0.2, 0.25) is 0 Å². The Morgan fingerprint density at radius 2 is 1.74 bits per heavy atom. The average molecular weight is 361 g/mol. The molecule has 0 amide bonds. The molecular weight excluding hydrogens is 338 g/mol. The van der Waals surface area contributed by atoms with Gasteiger partial charge in [-0.05, 0) is 30.3 Å². The van der Waals surface area contributed by atoms with Crippen molar-refractivity contribution in [3.63, 3.8) is 0 Å². The number of aromatic hydroxyl groups is 1. The van der Waals surface area contributed by atoms with Gasteiger partial charge in [0, 0.05) is 36.4 Å². The molecule has 2 aromatic carbocycles. The Labute approximate surface area is 159 Å². The normalized spacial score (nSPS) is 14.1. The molecule has 0 aliphatic carbocycles. The number of aromatic nitrogens is 1. The Hall–Kier alpha value is -3.05. The maximum absolute atomic E-state index is 9.83. The van der Waals surface area contributed by atoms with Crippen LogP contribution in [0.4, 0.5) is 11.4 Å². The molecule has 0 bridgehead atoms. The molecule has 4 rings (SSSR count). The molecule has 3 aromatic rings. The fraction of sp³-hybridized carbons (Fsp3) is 0.227. The van der Waals surface area contributed by atoms with Gasteiger partial charge in [-0.2, -0.15) is 0 Å². The maximum atomic E-state index is 9.83. The summed E-state index contributed by atoms with van der Waals surface area (Å²) in [6.07, 6.45) is 1.82. The minimum atomic E-state index is 0.301. The third kappa shape index (κ3) is 4.20. The highest BCUT2D eigenvalue weighted by Crippen LogP contribution is 2.24. The van der Waals surface area contributed by atoms with Gasteiger partial charge < -0.3 is 20.1 Å². The highest BCUT2D eigenvalue weighted by Gasteiger charge is 2.11. The summed E-state index contributed by atoms with van der Waals surface area (Å²) >= 11 is 0. The second-order valence-electron chi connectivity index (χ2n) is 6.56. The lowest BCUT2D eigenvalue weighted by Crippen LogP contribution is -2.36. The summed E-state index contributed by atoms with van der Waals surface area (Å²) in [6.45, 7) is 4.02. The second kappa shape index (κ2) is 8.10. The lowest BCUT2D eigenvalue weighted by Gasteiger charge is -2.28. The van der Waals surface area contributed by atoms with Gasteiger partial charge >= 0.3 is 0 Å². The van der Waals surface area contributed by atoms with E-state index in [2.05, 4.69) is 39.5 Å². The zero-order chi connectivity index (χ0) is 18.5. The van der Waals surface area contributed by atoms with Crippen LogP contribution in [0, 0.1) is 0 Å². The van der Waals surface area contributed by atoms with Crippen molar-refractivity contribution >= 4 is 11.4 Å². The van der Waals surface area contributed by atoms with Crippen LogP contribution in [0.5, 0.6) is 5.75 Å². The highest BCUT2D eigenvalue weighted by molar-refractivity contribution is 5.64. The van der Waals surface area contributed by atoms with Crippen molar-refractivity contribution in [3.05, 3.63) is 72.4 Å². The van der Waals surface area contributed by atoms with E-state index in [1.807, 2.05) is 36.5 Å². The zero-order valence-corrected chi connectivity index (χ0v) is 15.1. The number of phenols is 1. The van der Waals surface area contributed by atoms with Gasteiger partial charge in [0.05, 0.1) is 30.8 Å². The lowest BCUT2D eigenvalue weighted by atomic mass is 10.1. The molecular formula is C22H23N3O2. The summed E-state index contributed by atoms with van der Waals surface area (Å²) in [4.78, 5) is 6.91. The largest absolute Gasteiger partial charge is 0.508 e. The molecule has 2 heterocycles. The van der Waals surface area contributed by atoms with E-state index in [4.69, 9.17) is 4.74 Å². The minimum absolute atomic E-state index is 0.301. The highest BCUT2D eigenvalue weighted by atomic mass is 16.5. The van der Waals surface area contributed by atoms with Crippen LogP contribution >= 0.6 is 0 Å². The average Bonchev–Trinajstić information content (AvgIpc) is 2.74. The first-order valence-corrected chi connectivity index (χ1v) is 9.19. The number of hydrogen-bond donors (Lipinski definition) is 2. The predicted molar refractivity (Wildman–Crippen MR) is 108 cm³/mol. The van der Waals surface area contributed by atoms with Crippen LogP contribution < -0.4 is 10.2 Å². The smallest absolute Gasteiger partial charge is 0.120 e. The zero-order valence-electron chi connectivity index (χ0n) is 15.1. The van der Waals surface area contributed by atoms with Crippen molar-refractivity contribution in [3.8, 4) is 17.0 Å². The van der Waals surface area contributed by atoms with Gasteiger partial charge in [-0.3, -0.25) is 4.98 Å². The first-order valence-electron chi connectivity index (χ1n) is 9.19. The Morgan fingerprint density at radius 1 is 0.963 bits per heavy atom. The predicted octanol–water partition coefficient (Wildman–Crippen LogP) is 3.90. The number of nitrogens with zero attached hydrogens (tertiary/aromatic N) is 2. The van der Waals surface area contributed by atoms with Crippen LogP contribution in [0.2, 0.25) is 0 Å². The van der Waals surface area contributed by atoms with E-state index in [-0.39, 0.29) is 0 Å². The maximum Gasteiger partial charge on any atom is 0.120 e. The van der Waals surface area contributed by atoms with Crippen LogP contribution in [0.1, 0.15) is 5.56 Å². The third-order valence-corrected chi connectivity index (χ3v) is 4.78. The molecule has 5 heteroatoms. The van der Waals surface area contributed by atoms with E-state index in [1.165, 1.54) is 5.69 Å². The van der Waals surface area contributed by atoms with E-state index >= 15 is 0 Å². The number of para-hydroxylation sites is 1. The van der Waals surface area contributed by atoms with Crippen LogP contribution in [0.15, 0.2) is 66.9 Å². The van der Waals surface area contributed by atoms with Crippen molar-refractivity contribution in [1.82, 2.24) is 4.98 Å². The number of ether oxygens (including phenoxy) is 1. The van der Waals surface area contributed by atoms with Crippen molar-refractivity contribution in [2.75, 3.05) is 36.5 Å². The molecule has 0 radical (unpaired) electrons. The van der Waals surface area contributed by atoms with Gasteiger partial charge in [0.1, 0.15) is 5.75 Å². The number of rotatable bonds is 5. The second-order valence-corrected chi connectivity index (χ2v) is 6.56. The quantitative estimate of drug-likeness (QED) is 0.722. The number of morpholine rings is 1. The van der Waals surface area contributed by atoms with Gasteiger partial charge in [0.25, 0.3) is 0 Å². The fourth-order valence-corrected chi connectivity index (χ4v) is 3.19. The minimum Gasteiger partial charge on any atom is -0.508 e. The van der Waals surface area contributed by atoms with Crippen molar-refractivity contribution in [2.24, 2.45) is 0 Å². The molecule has 1 aliphatic rings. The van der Waals surface area contributed by atoms with Gasteiger partial charge in [-0.15, -0.1) is 0 Å². The van der Waals surface area contributed by atoms with Crippen LogP contribution in [0.3, 0.4) is 0 Å². The summed E-state index contributed by atoms with van der Waals surface area (Å²) in [5.74, 6) is 0.301. The Bertz CT molecular complexity index is 873. The van der Waals surface area contributed by atoms with E-state index < -0.39 is 0 Å². The molecule has 1 aliphatic heterocycles. The lowest BCUT2D eigenvalue weighted by molar-refractivity contribution is 0.122. The molecule has 1 aromatic heterocycles. The van der Waals surface area contributed by atoms with Gasteiger partial charge in [0.15, 0.2) is 0 Å². The van der Waals surface area contributed by atoms with E-state index in [1.54, 1.807) is 6.07 Å². The molecule has 0 atom stereocenters. The summed E-state index contributed by atoms with van der Waals surface area (Å²) < 4.78 is 5.41. The standard InChI is InChI=1S/C22H23N3O2/c26-22-4-2-1-3-18(22)15-23-19-7-10-21(24-16-19)17-5-8-20(9-6-17)25-11-13-27-14-12-25/h1-10,16,23,26H,11-15H2. The van der Waals surface area contributed by atoms with Crippen LogP contribution in [-0.4, -0.2) is 36.4 Å². The number of phenolic OH excluding ortho intramolecular Hbond substituents is 1. The molecule has 1 fully saturated rings. The van der Waals surface area contributed by atoms with E-state index in [0.717, 1.165) is 48.8 Å². The Kier molecular flexibility index (Phi) is 5.21. The number of hydrogen-bond acceptors (Lipinski definition) is 5. The number of pyridine rings is 1. The van der Waals surface area contributed by atoms with Crippen molar-refractivity contribution in [1.29, 1.82) is 0 Å². The van der Waals surface area contributed by atoms with Gasteiger partial charge in [-0.25, -0.2) is 0 Å². The first kappa shape index (κ1) is 17.4. The molecule has 2 N–H and O–H groups in total.